The van der Waals surface area contributed by atoms with Gasteiger partial charge in [0.1, 0.15) is 0 Å². The van der Waals surface area contributed by atoms with Gasteiger partial charge < -0.3 is 0 Å². The van der Waals surface area contributed by atoms with Gasteiger partial charge >= 0.3 is 0 Å². The second-order valence-corrected chi connectivity index (χ2v) is 6.28. The normalized spacial score (nSPS) is 12.6. The Bertz CT molecular complexity index is 312. The molecule has 0 radical (unpaired) electrons. The van der Waals surface area contributed by atoms with Crippen molar-refractivity contribution in [2.75, 3.05) is 0 Å². The van der Waals surface area contributed by atoms with Gasteiger partial charge in [0.2, 0.25) is 0 Å². The van der Waals surface area contributed by atoms with Gasteiger partial charge in [-0.25, -0.2) is 0 Å². The standard InChI is InChI=1S/C12H19BrN2S/c1-2-3-4-5-6-7-10(15-14)11-8-9-12(13)16-11/h2,8-10,15H,1,3-7,14H2. The molecule has 16 heavy (non-hydrogen) atoms. The van der Waals surface area contributed by atoms with Crippen LogP contribution in [-0.2, 0) is 0 Å². The van der Waals surface area contributed by atoms with Crippen LogP contribution in [0.25, 0.3) is 0 Å². The summed E-state index contributed by atoms with van der Waals surface area (Å²) in [5.41, 5.74) is 2.89. The lowest BCUT2D eigenvalue weighted by atomic mass is 10.1. The van der Waals surface area contributed by atoms with E-state index in [1.54, 1.807) is 11.3 Å². The summed E-state index contributed by atoms with van der Waals surface area (Å²) in [7, 11) is 0. The summed E-state index contributed by atoms with van der Waals surface area (Å²) in [5, 5.41) is 0. The highest BCUT2D eigenvalue weighted by molar-refractivity contribution is 9.11. The van der Waals surface area contributed by atoms with E-state index in [2.05, 4.69) is 40.1 Å². The molecule has 2 nitrogen and oxygen atoms in total. The number of unbranched alkanes of at least 4 members (excludes halogenated alkanes) is 3. The Labute approximate surface area is 110 Å². The van der Waals surface area contributed by atoms with Gasteiger partial charge in [-0.15, -0.1) is 17.9 Å². The number of nitrogens with one attached hydrogen (secondary N) is 1. The maximum atomic E-state index is 5.58. The van der Waals surface area contributed by atoms with E-state index < -0.39 is 0 Å². The van der Waals surface area contributed by atoms with Crippen molar-refractivity contribution < 1.29 is 0 Å². The molecule has 90 valence electrons. The third-order valence-electron chi connectivity index (χ3n) is 2.54. The van der Waals surface area contributed by atoms with Crippen LogP contribution in [-0.4, -0.2) is 0 Å². The summed E-state index contributed by atoms with van der Waals surface area (Å²) >= 11 is 5.22. The van der Waals surface area contributed by atoms with Gasteiger partial charge in [-0.3, -0.25) is 11.3 Å². The highest BCUT2D eigenvalue weighted by Crippen LogP contribution is 2.29. The molecule has 1 heterocycles. The SMILES string of the molecule is C=CCCCCCC(NN)c1ccc(Br)s1. The molecule has 3 N–H and O–H groups in total. The molecule has 1 unspecified atom stereocenters. The van der Waals surface area contributed by atoms with Crippen LogP contribution >= 0.6 is 27.3 Å². The predicted molar refractivity (Wildman–Crippen MR) is 75.4 cm³/mol. The molecule has 0 aromatic carbocycles. The van der Waals surface area contributed by atoms with Crippen LogP contribution in [0, 0.1) is 0 Å². The minimum absolute atomic E-state index is 0.292. The summed E-state index contributed by atoms with van der Waals surface area (Å²) in [5.74, 6) is 5.58. The van der Waals surface area contributed by atoms with Gasteiger partial charge in [0.15, 0.2) is 0 Å². The van der Waals surface area contributed by atoms with E-state index in [0.717, 1.165) is 16.6 Å². The van der Waals surface area contributed by atoms with Crippen molar-refractivity contribution >= 4 is 27.3 Å². The minimum atomic E-state index is 0.292. The molecular formula is C12H19BrN2S. The molecule has 0 bridgehead atoms. The molecule has 0 saturated carbocycles. The molecule has 1 rings (SSSR count). The Morgan fingerprint density at radius 2 is 2.25 bits per heavy atom. The maximum absolute atomic E-state index is 5.58. The van der Waals surface area contributed by atoms with Crippen LogP contribution in [0.2, 0.25) is 0 Å². The maximum Gasteiger partial charge on any atom is 0.0702 e. The van der Waals surface area contributed by atoms with E-state index in [-0.39, 0.29) is 0 Å². The smallest absolute Gasteiger partial charge is 0.0702 e. The van der Waals surface area contributed by atoms with E-state index in [1.807, 2.05) is 6.08 Å². The molecule has 0 aliphatic rings. The van der Waals surface area contributed by atoms with Gasteiger partial charge in [0.25, 0.3) is 0 Å². The first-order chi connectivity index (χ1) is 7.77. The van der Waals surface area contributed by atoms with Crippen molar-refractivity contribution in [3.8, 4) is 0 Å². The topological polar surface area (TPSA) is 38.0 Å². The van der Waals surface area contributed by atoms with Crippen molar-refractivity contribution in [1.82, 2.24) is 5.43 Å². The molecular weight excluding hydrogens is 284 g/mol. The first-order valence-electron chi connectivity index (χ1n) is 5.60. The van der Waals surface area contributed by atoms with Crippen LogP contribution in [0.4, 0.5) is 0 Å². The zero-order valence-electron chi connectivity index (χ0n) is 9.42. The number of halogens is 1. The molecule has 1 atom stereocenters. The first kappa shape index (κ1) is 13.9. The lowest BCUT2D eigenvalue weighted by molar-refractivity contribution is 0.490. The summed E-state index contributed by atoms with van der Waals surface area (Å²) in [6, 6.07) is 4.49. The number of hydrogen-bond donors (Lipinski definition) is 2. The van der Waals surface area contributed by atoms with Crippen LogP contribution in [0.15, 0.2) is 28.6 Å². The second-order valence-electron chi connectivity index (χ2n) is 3.79. The Kier molecular flexibility index (Phi) is 6.96. The first-order valence-corrected chi connectivity index (χ1v) is 7.21. The van der Waals surface area contributed by atoms with Crippen molar-refractivity contribution in [2.45, 2.75) is 38.1 Å². The fraction of sp³-hybridized carbons (Fsp3) is 0.500. The summed E-state index contributed by atoms with van der Waals surface area (Å²) < 4.78 is 1.16. The molecule has 1 aromatic heterocycles. The van der Waals surface area contributed by atoms with Crippen LogP contribution < -0.4 is 11.3 Å². The fourth-order valence-electron chi connectivity index (χ4n) is 1.64. The summed E-state index contributed by atoms with van der Waals surface area (Å²) in [6.07, 6.45) is 7.88. The van der Waals surface area contributed by atoms with Gasteiger partial charge in [-0.05, 0) is 47.3 Å². The van der Waals surface area contributed by atoms with Gasteiger partial charge in [0.05, 0.1) is 9.83 Å². The average Bonchev–Trinajstić information content (AvgIpc) is 2.70. The predicted octanol–water partition coefficient (Wildman–Crippen LogP) is 4.15. The van der Waals surface area contributed by atoms with Crippen molar-refractivity contribution in [2.24, 2.45) is 5.84 Å². The largest absolute Gasteiger partial charge is 0.271 e. The number of rotatable bonds is 8. The van der Waals surface area contributed by atoms with Crippen LogP contribution in [0.1, 0.15) is 43.0 Å². The monoisotopic (exact) mass is 302 g/mol. The van der Waals surface area contributed by atoms with Gasteiger partial charge in [0, 0.05) is 4.88 Å². The molecule has 0 fully saturated rings. The van der Waals surface area contributed by atoms with Crippen molar-refractivity contribution in [3.63, 3.8) is 0 Å². The van der Waals surface area contributed by atoms with E-state index in [4.69, 9.17) is 5.84 Å². The van der Waals surface area contributed by atoms with E-state index in [9.17, 15) is 0 Å². The molecule has 0 spiro atoms. The fourth-order valence-corrected chi connectivity index (χ4v) is 3.16. The van der Waals surface area contributed by atoms with Crippen LogP contribution in [0.5, 0.6) is 0 Å². The minimum Gasteiger partial charge on any atom is -0.271 e. The lowest BCUT2D eigenvalue weighted by Crippen LogP contribution is -2.27. The van der Waals surface area contributed by atoms with Crippen molar-refractivity contribution in [3.05, 3.63) is 33.5 Å². The Morgan fingerprint density at radius 3 is 2.81 bits per heavy atom. The zero-order chi connectivity index (χ0) is 11.8. The Hall–Kier alpha value is -0.160. The van der Waals surface area contributed by atoms with Crippen molar-refractivity contribution in [1.29, 1.82) is 0 Å². The quantitative estimate of drug-likeness (QED) is 0.328. The molecule has 4 heteroatoms. The van der Waals surface area contributed by atoms with Gasteiger partial charge in [-0.2, -0.15) is 0 Å². The molecule has 0 aliphatic carbocycles. The van der Waals surface area contributed by atoms with E-state index >= 15 is 0 Å². The number of allylic oxidation sites excluding steroid dienone is 1. The zero-order valence-corrected chi connectivity index (χ0v) is 11.8. The summed E-state index contributed by atoms with van der Waals surface area (Å²) in [6.45, 7) is 3.72. The number of hydrogen-bond acceptors (Lipinski definition) is 3. The molecule has 0 amide bonds. The number of nitrogens with two attached hydrogens (primary N) is 1. The number of hydrazine groups is 1. The third-order valence-corrected chi connectivity index (χ3v) is 4.28. The average molecular weight is 303 g/mol. The highest BCUT2D eigenvalue weighted by atomic mass is 79.9. The number of thiophene rings is 1. The highest BCUT2D eigenvalue weighted by Gasteiger charge is 2.11. The molecule has 0 saturated heterocycles. The molecule has 1 aromatic rings. The third kappa shape index (κ3) is 4.78. The van der Waals surface area contributed by atoms with E-state index in [0.29, 0.717) is 6.04 Å². The van der Waals surface area contributed by atoms with Gasteiger partial charge in [-0.1, -0.05) is 18.9 Å². The Balaban J connectivity index is 2.29. The molecule has 0 aliphatic heterocycles. The van der Waals surface area contributed by atoms with E-state index in [1.165, 1.54) is 24.1 Å². The second kappa shape index (κ2) is 8.01. The summed E-state index contributed by atoms with van der Waals surface area (Å²) in [4.78, 5) is 1.30. The van der Waals surface area contributed by atoms with Crippen LogP contribution in [0.3, 0.4) is 0 Å². The lowest BCUT2D eigenvalue weighted by Gasteiger charge is -2.13. The Morgan fingerprint density at radius 1 is 1.44 bits per heavy atom.